The predicted molar refractivity (Wildman–Crippen MR) is 62.5 cm³/mol. The van der Waals surface area contributed by atoms with Crippen molar-refractivity contribution in [1.29, 1.82) is 0 Å². The van der Waals surface area contributed by atoms with Crippen molar-refractivity contribution in [2.75, 3.05) is 0 Å². The van der Waals surface area contributed by atoms with Gasteiger partial charge >= 0.3 is 0 Å². The van der Waals surface area contributed by atoms with E-state index in [9.17, 15) is 4.79 Å². The van der Waals surface area contributed by atoms with Crippen molar-refractivity contribution in [3.63, 3.8) is 0 Å². The van der Waals surface area contributed by atoms with Crippen LogP contribution in [-0.4, -0.2) is 10.8 Å². The molecule has 1 aliphatic carbocycles. The van der Waals surface area contributed by atoms with Gasteiger partial charge in [-0.2, -0.15) is 0 Å². The molecule has 2 rings (SSSR count). The van der Waals surface area contributed by atoms with Crippen LogP contribution in [0.4, 0.5) is 0 Å². The number of carbonyl (C=O) groups excluding carboxylic acids is 1. The Labute approximate surface area is 94.7 Å². The largest absolute Gasteiger partial charge is 0.292 e. The third-order valence-corrected chi connectivity index (χ3v) is 3.61. The minimum atomic E-state index is 0.243. The van der Waals surface area contributed by atoms with Crippen molar-refractivity contribution in [2.24, 2.45) is 5.41 Å². The fraction of sp³-hybridized carbons (Fsp3) is 0.667. The van der Waals surface area contributed by atoms with Crippen LogP contribution in [0, 0.1) is 5.41 Å². The van der Waals surface area contributed by atoms with E-state index in [0.717, 1.165) is 30.0 Å². The van der Waals surface area contributed by atoms with Crippen LogP contribution < -0.4 is 0 Å². The number of ketones is 1. The molecule has 82 valence electrons. The Bertz CT molecular complexity index is 387. The molecule has 0 aromatic carbocycles. The lowest BCUT2D eigenvalue weighted by Gasteiger charge is -2.15. The van der Waals surface area contributed by atoms with Crippen molar-refractivity contribution in [1.82, 2.24) is 4.98 Å². The minimum Gasteiger partial charge on any atom is -0.292 e. The van der Waals surface area contributed by atoms with Crippen molar-refractivity contribution in [3.05, 3.63) is 15.6 Å². The molecular weight excluding hydrogens is 206 g/mol. The summed E-state index contributed by atoms with van der Waals surface area (Å²) in [6, 6.07) is 0. The monoisotopic (exact) mass is 223 g/mol. The van der Waals surface area contributed by atoms with Crippen molar-refractivity contribution in [3.8, 4) is 0 Å². The second kappa shape index (κ2) is 3.71. The molecule has 1 heterocycles. The van der Waals surface area contributed by atoms with E-state index in [0.29, 0.717) is 6.42 Å². The van der Waals surface area contributed by atoms with Crippen LogP contribution in [0.25, 0.3) is 0 Å². The van der Waals surface area contributed by atoms with Gasteiger partial charge in [-0.3, -0.25) is 4.79 Å². The number of hydrogen-bond acceptors (Lipinski definition) is 3. The number of rotatable bonds is 1. The second-order valence-electron chi connectivity index (χ2n) is 5.39. The molecule has 0 unspecified atom stereocenters. The van der Waals surface area contributed by atoms with Crippen molar-refractivity contribution < 1.29 is 4.79 Å². The normalized spacial score (nSPS) is 16.6. The lowest BCUT2D eigenvalue weighted by molar-refractivity contribution is 0.0968. The maximum absolute atomic E-state index is 11.6. The summed E-state index contributed by atoms with van der Waals surface area (Å²) in [6.45, 7) is 6.61. The van der Waals surface area contributed by atoms with E-state index >= 15 is 0 Å². The Balaban J connectivity index is 2.26. The molecular formula is C12H17NOS. The van der Waals surface area contributed by atoms with E-state index < -0.39 is 0 Å². The predicted octanol–water partition coefficient (Wildman–Crippen LogP) is 3.25. The zero-order valence-corrected chi connectivity index (χ0v) is 10.4. The fourth-order valence-corrected chi connectivity index (χ4v) is 3.27. The standard InChI is InChI=1S/C12H17NOS/c1-12(2,3)7-10-13-11-8(14)5-4-6-9(11)15-10/h4-7H2,1-3H3. The van der Waals surface area contributed by atoms with Crippen LogP contribution >= 0.6 is 11.3 Å². The van der Waals surface area contributed by atoms with E-state index in [4.69, 9.17) is 0 Å². The van der Waals surface area contributed by atoms with Gasteiger partial charge in [0, 0.05) is 17.7 Å². The average molecular weight is 223 g/mol. The Morgan fingerprint density at radius 2 is 2.07 bits per heavy atom. The van der Waals surface area contributed by atoms with Gasteiger partial charge in [-0.25, -0.2) is 4.98 Å². The summed E-state index contributed by atoms with van der Waals surface area (Å²) in [5, 5.41) is 1.13. The number of thiazole rings is 1. The average Bonchev–Trinajstić information content (AvgIpc) is 2.45. The first-order chi connectivity index (χ1) is 6.96. The van der Waals surface area contributed by atoms with Gasteiger partial charge in [-0.15, -0.1) is 11.3 Å². The molecule has 0 bridgehead atoms. The molecule has 0 amide bonds. The Kier molecular flexibility index (Phi) is 2.67. The minimum absolute atomic E-state index is 0.243. The zero-order chi connectivity index (χ0) is 11.1. The Morgan fingerprint density at radius 1 is 1.33 bits per heavy atom. The molecule has 1 aliphatic rings. The summed E-state index contributed by atoms with van der Waals surface area (Å²) >= 11 is 1.73. The van der Waals surface area contributed by atoms with Crippen LogP contribution in [0.1, 0.15) is 54.0 Å². The first-order valence-electron chi connectivity index (χ1n) is 5.47. The number of Topliss-reactive ketones (excluding diaryl/α,β-unsaturated/α-hetero) is 1. The molecule has 0 saturated heterocycles. The van der Waals surface area contributed by atoms with Gasteiger partial charge in [0.2, 0.25) is 0 Å². The van der Waals surface area contributed by atoms with Gasteiger partial charge in [-0.05, 0) is 18.3 Å². The maximum atomic E-state index is 11.6. The van der Waals surface area contributed by atoms with Gasteiger partial charge in [0.25, 0.3) is 0 Å². The lowest BCUT2D eigenvalue weighted by Crippen LogP contribution is -2.10. The molecule has 0 atom stereocenters. The van der Waals surface area contributed by atoms with Crippen molar-refractivity contribution >= 4 is 17.1 Å². The van der Waals surface area contributed by atoms with Gasteiger partial charge in [-0.1, -0.05) is 20.8 Å². The van der Waals surface area contributed by atoms with Gasteiger partial charge in [0.15, 0.2) is 5.78 Å². The maximum Gasteiger partial charge on any atom is 0.182 e. The van der Waals surface area contributed by atoms with Crippen LogP contribution in [0.5, 0.6) is 0 Å². The smallest absolute Gasteiger partial charge is 0.182 e. The lowest BCUT2D eigenvalue weighted by atomic mass is 9.93. The quantitative estimate of drug-likeness (QED) is 0.731. The number of aromatic nitrogens is 1. The number of hydrogen-bond donors (Lipinski definition) is 0. The van der Waals surface area contributed by atoms with Crippen LogP contribution in [0.2, 0.25) is 0 Å². The number of carbonyl (C=O) groups is 1. The third-order valence-electron chi connectivity index (χ3n) is 2.49. The van der Waals surface area contributed by atoms with Crippen molar-refractivity contribution in [2.45, 2.75) is 46.5 Å². The van der Waals surface area contributed by atoms with Gasteiger partial charge in [0.05, 0.1) is 5.01 Å². The van der Waals surface area contributed by atoms with Crippen LogP contribution in [0.15, 0.2) is 0 Å². The third kappa shape index (κ3) is 2.46. The number of fused-ring (bicyclic) bond motifs is 1. The second-order valence-corrected chi connectivity index (χ2v) is 6.56. The van der Waals surface area contributed by atoms with E-state index in [-0.39, 0.29) is 11.2 Å². The molecule has 2 nitrogen and oxygen atoms in total. The Morgan fingerprint density at radius 3 is 2.67 bits per heavy atom. The SMILES string of the molecule is CC(C)(C)Cc1nc2c(s1)CCCC2=O. The molecule has 0 radical (unpaired) electrons. The first-order valence-corrected chi connectivity index (χ1v) is 6.29. The molecule has 3 heteroatoms. The highest BCUT2D eigenvalue weighted by Crippen LogP contribution is 2.30. The highest BCUT2D eigenvalue weighted by molar-refractivity contribution is 7.12. The van der Waals surface area contributed by atoms with E-state index in [2.05, 4.69) is 25.8 Å². The molecule has 0 fully saturated rings. The molecule has 1 aromatic rings. The topological polar surface area (TPSA) is 30.0 Å². The highest BCUT2D eigenvalue weighted by atomic mass is 32.1. The summed E-state index contributed by atoms with van der Waals surface area (Å²) in [7, 11) is 0. The fourth-order valence-electron chi connectivity index (χ4n) is 1.84. The summed E-state index contributed by atoms with van der Waals surface area (Å²) in [4.78, 5) is 17.3. The van der Waals surface area contributed by atoms with Gasteiger partial charge in [0.1, 0.15) is 5.69 Å². The van der Waals surface area contributed by atoms with E-state index in [1.54, 1.807) is 11.3 Å². The highest BCUT2D eigenvalue weighted by Gasteiger charge is 2.23. The summed E-state index contributed by atoms with van der Waals surface area (Å²) in [5.74, 6) is 0.243. The molecule has 0 N–H and O–H groups in total. The number of nitrogens with zero attached hydrogens (tertiary/aromatic N) is 1. The van der Waals surface area contributed by atoms with E-state index in [1.165, 1.54) is 4.88 Å². The molecule has 0 aliphatic heterocycles. The van der Waals surface area contributed by atoms with Gasteiger partial charge < -0.3 is 0 Å². The molecule has 0 saturated carbocycles. The summed E-state index contributed by atoms with van der Waals surface area (Å²) in [6.07, 6.45) is 3.70. The molecule has 15 heavy (non-hydrogen) atoms. The zero-order valence-electron chi connectivity index (χ0n) is 9.59. The first kappa shape index (κ1) is 10.8. The number of aryl methyl sites for hydroxylation is 1. The Hall–Kier alpha value is -0.700. The van der Waals surface area contributed by atoms with E-state index in [1.807, 2.05) is 0 Å². The van der Waals surface area contributed by atoms with Crippen LogP contribution in [0.3, 0.4) is 0 Å². The summed E-state index contributed by atoms with van der Waals surface area (Å²) in [5.41, 5.74) is 1.02. The van der Waals surface area contributed by atoms with Crippen LogP contribution in [-0.2, 0) is 12.8 Å². The summed E-state index contributed by atoms with van der Waals surface area (Å²) < 4.78 is 0. The molecule has 0 spiro atoms. The molecule has 1 aromatic heterocycles.